The Kier molecular flexibility index (Phi) is 3.27. The van der Waals surface area contributed by atoms with Gasteiger partial charge in [-0.1, -0.05) is 0 Å². The monoisotopic (exact) mass is 228 g/mol. The molecule has 2 saturated heterocycles. The summed E-state index contributed by atoms with van der Waals surface area (Å²) in [6.45, 7) is 5.00. The zero-order valence-corrected chi connectivity index (χ0v) is 10.4. The second kappa shape index (κ2) is 4.26. The van der Waals surface area contributed by atoms with Gasteiger partial charge in [-0.2, -0.15) is 0 Å². The van der Waals surface area contributed by atoms with Crippen molar-refractivity contribution in [2.24, 2.45) is 11.1 Å². The van der Waals surface area contributed by atoms with Crippen LogP contribution in [0.2, 0.25) is 0 Å². The van der Waals surface area contributed by atoms with Crippen molar-refractivity contribution < 1.29 is 9.84 Å². The van der Waals surface area contributed by atoms with Crippen molar-refractivity contribution in [3.63, 3.8) is 0 Å². The minimum atomic E-state index is -0.635. The molecule has 2 aliphatic rings. The first-order chi connectivity index (χ1) is 7.53. The molecule has 0 aromatic heterocycles. The summed E-state index contributed by atoms with van der Waals surface area (Å²) < 4.78 is 5.48. The molecule has 0 aromatic rings. The Hall–Kier alpha value is -0.160. The van der Waals surface area contributed by atoms with E-state index in [2.05, 4.69) is 18.9 Å². The number of rotatable bonds is 2. The molecule has 0 aromatic carbocycles. The van der Waals surface area contributed by atoms with Crippen LogP contribution in [0.4, 0.5) is 0 Å². The van der Waals surface area contributed by atoms with Crippen LogP contribution in [0.1, 0.15) is 26.2 Å². The van der Waals surface area contributed by atoms with Crippen LogP contribution in [-0.4, -0.2) is 55.0 Å². The van der Waals surface area contributed by atoms with Gasteiger partial charge in [0.15, 0.2) is 0 Å². The smallest absolute Gasteiger partial charge is 0.0765 e. The average molecular weight is 228 g/mol. The molecule has 0 spiro atoms. The fourth-order valence-corrected chi connectivity index (χ4v) is 3.14. The third kappa shape index (κ3) is 1.78. The molecule has 2 heterocycles. The summed E-state index contributed by atoms with van der Waals surface area (Å²) in [6, 6.07) is 0.419. The van der Waals surface area contributed by atoms with Crippen LogP contribution in [0.3, 0.4) is 0 Å². The predicted molar refractivity (Wildman–Crippen MR) is 63.2 cm³/mol. The molecule has 94 valence electrons. The number of aliphatic hydroxyl groups is 1. The van der Waals surface area contributed by atoms with Crippen LogP contribution < -0.4 is 5.73 Å². The van der Waals surface area contributed by atoms with Gasteiger partial charge in [0.1, 0.15) is 0 Å². The van der Waals surface area contributed by atoms with Crippen LogP contribution in [0, 0.1) is 5.41 Å². The highest BCUT2D eigenvalue weighted by molar-refractivity contribution is 5.05. The van der Waals surface area contributed by atoms with E-state index in [1.165, 1.54) is 0 Å². The van der Waals surface area contributed by atoms with Crippen LogP contribution in [0.5, 0.6) is 0 Å². The van der Waals surface area contributed by atoms with E-state index in [4.69, 9.17) is 10.5 Å². The molecule has 2 rings (SSSR count). The van der Waals surface area contributed by atoms with E-state index >= 15 is 0 Å². The Balaban J connectivity index is 2.17. The number of hydrogen-bond acceptors (Lipinski definition) is 4. The molecular weight excluding hydrogens is 204 g/mol. The van der Waals surface area contributed by atoms with Gasteiger partial charge >= 0.3 is 0 Å². The molecule has 3 N–H and O–H groups in total. The molecule has 3 atom stereocenters. The summed E-state index contributed by atoms with van der Waals surface area (Å²) in [5.74, 6) is 0. The Labute approximate surface area is 97.7 Å². The largest absolute Gasteiger partial charge is 0.389 e. The quantitative estimate of drug-likeness (QED) is 0.709. The maximum Gasteiger partial charge on any atom is 0.0765 e. The molecule has 4 nitrogen and oxygen atoms in total. The molecule has 0 bridgehead atoms. The fourth-order valence-electron chi connectivity index (χ4n) is 3.14. The Bertz CT molecular complexity index is 253. The highest BCUT2D eigenvalue weighted by Gasteiger charge is 2.53. The van der Waals surface area contributed by atoms with Crippen molar-refractivity contribution in [3.8, 4) is 0 Å². The number of ether oxygens (including phenoxy) is 1. The zero-order valence-electron chi connectivity index (χ0n) is 10.4. The summed E-state index contributed by atoms with van der Waals surface area (Å²) in [7, 11) is 2.12. The zero-order chi connectivity index (χ0) is 11.8. The van der Waals surface area contributed by atoms with Crippen molar-refractivity contribution >= 4 is 0 Å². The van der Waals surface area contributed by atoms with E-state index in [9.17, 15) is 5.11 Å². The lowest BCUT2D eigenvalue weighted by molar-refractivity contribution is -0.127. The third-order valence-electron chi connectivity index (χ3n) is 4.74. The van der Waals surface area contributed by atoms with E-state index < -0.39 is 5.60 Å². The van der Waals surface area contributed by atoms with Crippen molar-refractivity contribution in [2.75, 3.05) is 33.4 Å². The second-order valence-electron chi connectivity index (χ2n) is 5.60. The third-order valence-corrected chi connectivity index (χ3v) is 4.74. The van der Waals surface area contributed by atoms with Gasteiger partial charge in [-0.3, -0.25) is 0 Å². The topological polar surface area (TPSA) is 58.7 Å². The van der Waals surface area contributed by atoms with Gasteiger partial charge in [-0.05, 0) is 33.2 Å². The first kappa shape index (κ1) is 12.3. The summed E-state index contributed by atoms with van der Waals surface area (Å²) in [4.78, 5) is 2.30. The SMILES string of the molecule is CC1CC(O)(C2(CN)CCOC2)CCN1C. The summed E-state index contributed by atoms with van der Waals surface area (Å²) in [5.41, 5.74) is 5.07. The summed E-state index contributed by atoms with van der Waals surface area (Å²) in [6.07, 6.45) is 2.52. The van der Waals surface area contributed by atoms with Crippen molar-refractivity contribution in [3.05, 3.63) is 0 Å². The van der Waals surface area contributed by atoms with Crippen LogP contribution >= 0.6 is 0 Å². The standard InChI is InChI=1S/C12H24N2O2/c1-10-7-12(15,3-5-14(10)2)11(8-13)4-6-16-9-11/h10,15H,3-9,13H2,1-2H3. The second-order valence-corrected chi connectivity index (χ2v) is 5.60. The van der Waals surface area contributed by atoms with Crippen molar-refractivity contribution in [1.29, 1.82) is 0 Å². The van der Waals surface area contributed by atoms with Gasteiger partial charge in [-0.25, -0.2) is 0 Å². The minimum Gasteiger partial charge on any atom is -0.389 e. The van der Waals surface area contributed by atoms with Gasteiger partial charge in [-0.15, -0.1) is 0 Å². The molecule has 0 aliphatic carbocycles. The van der Waals surface area contributed by atoms with Crippen LogP contribution in [0.15, 0.2) is 0 Å². The maximum absolute atomic E-state index is 10.9. The van der Waals surface area contributed by atoms with E-state index in [-0.39, 0.29) is 5.41 Å². The lowest BCUT2D eigenvalue weighted by Gasteiger charge is -2.50. The van der Waals surface area contributed by atoms with Crippen molar-refractivity contribution in [2.45, 2.75) is 37.8 Å². The highest BCUT2D eigenvalue weighted by atomic mass is 16.5. The molecular formula is C12H24N2O2. The molecule has 0 saturated carbocycles. The van der Waals surface area contributed by atoms with Crippen LogP contribution in [0.25, 0.3) is 0 Å². The molecule has 0 amide bonds. The van der Waals surface area contributed by atoms with Gasteiger partial charge in [0.25, 0.3) is 0 Å². The fraction of sp³-hybridized carbons (Fsp3) is 1.00. The number of piperidine rings is 1. The number of likely N-dealkylation sites (tertiary alicyclic amines) is 1. The number of hydrogen-bond donors (Lipinski definition) is 2. The molecule has 2 fully saturated rings. The van der Waals surface area contributed by atoms with Crippen molar-refractivity contribution in [1.82, 2.24) is 4.90 Å². The predicted octanol–water partition coefficient (Wildman–Crippen LogP) is 0.197. The average Bonchev–Trinajstić information content (AvgIpc) is 2.74. The Morgan fingerprint density at radius 1 is 1.50 bits per heavy atom. The van der Waals surface area contributed by atoms with E-state index in [1.54, 1.807) is 0 Å². The number of nitrogens with zero attached hydrogens (tertiary/aromatic N) is 1. The maximum atomic E-state index is 10.9. The number of nitrogens with two attached hydrogens (primary N) is 1. The molecule has 4 heteroatoms. The van der Waals surface area contributed by atoms with Gasteiger partial charge < -0.3 is 20.5 Å². The Morgan fingerprint density at radius 2 is 2.25 bits per heavy atom. The normalized spacial score (nSPS) is 46.1. The molecule has 0 radical (unpaired) electrons. The van der Waals surface area contributed by atoms with Gasteiger partial charge in [0.2, 0.25) is 0 Å². The van der Waals surface area contributed by atoms with E-state index in [1.807, 2.05) is 0 Å². The van der Waals surface area contributed by atoms with E-state index in [0.29, 0.717) is 19.2 Å². The summed E-state index contributed by atoms with van der Waals surface area (Å²) >= 11 is 0. The Morgan fingerprint density at radius 3 is 2.75 bits per heavy atom. The lowest BCUT2D eigenvalue weighted by Crippen LogP contribution is -2.59. The lowest BCUT2D eigenvalue weighted by atomic mass is 9.65. The highest BCUT2D eigenvalue weighted by Crippen LogP contribution is 2.45. The van der Waals surface area contributed by atoms with E-state index in [0.717, 1.165) is 32.4 Å². The summed E-state index contributed by atoms with van der Waals surface area (Å²) in [5, 5.41) is 10.9. The molecule has 16 heavy (non-hydrogen) atoms. The first-order valence-corrected chi connectivity index (χ1v) is 6.23. The first-order valence-electron chi connectivity index (χ1n) is 6.23. The van der Waals surface area contributed by atoms with Gasteiger partial charge in [0.05, 0.1) is 12.2 Å². The van der Waals surface area contributed by atoms with Gasteiger partial charge in [0, 0.05) is 31.2 Å². The van der Waals surface area contributed by atoms with Crippen LogP contribution in [-0.2, 0) is 4.74 Å². The molecule has 3 unspecified atom stereocenters. The molecule has 2 aliphatic heterocycles. The minimum absolute atomic E-state index is 0.206.